The molecule has 0 saturated carbocycles. The van der Waals surface area contributed by atoms with Crippen LogP contribution in [0.2, 0.25) is 0 Å². The average molecular weight is 483 g/mol. The number of ether oxygens (including phenoxy) is 1. The van der Waals surface area contributed by atoms with Gasteiger partial charge in [0.2, 0.25) is 5.89 Å². The number of nitrogens with zero attached hydrogens (tertiary/aromatic N) is 4. The van der Waals surface area contributed by atoms with E-state index in [1.807, 2.05) is 45.0 Å². The fourth-order valence-electron chi connectivity index (χ4n) is 3.07. The van der Waals surface area contributed by atoms with E-state index >= 15 is 0 Å². The lowest BCUT2D eigenvalue weighted by Gasteiger charge is -2.10. The van der Waals surface area contributed by atoms with E-state index in [0.717, 1.165) is 21.3 Å². The van der Waals surface area contributed by atoms with Gasteiger partial charge < -0.3 is 19.7 Å². The second-order valence-electron chi connectivity index (χ2n) is 8.58. The van der Waals surface area contributed by atoms with Crippen molar-refractivity contribution < 1.29 is 19.2 Å². The molecule has 0 saturated heterocycles. The molecule has 0 atom stereocenters. The first-order valence-electron chi connectivity index (χ1n) is 10.8. The molecule has 1 aromatic carbocycles. The van der Waals surface area contributed by atoms with Crippen LogP contribution in [0.4, 0.5) is 9.93 Å². The van der Waals surface area contributed by atoms with Gasteiger partial charge in [0.25, 0.3) is 0 Å². The number of carbonyl (C=O) groups is 1. The lowest BCUT2D eigenvalue weighted by molar-refractivity contribution is 0.201. The van der Waals surface area contributed by atoms with Crippen LogP contribution in [-0.2, 0) is 11.8 Å². The lowest BCUT2D eigenvalue weighted by Crippen LogP contribution is -2.30. The first-order chi connectivity index (χ1) is 16.3. The van der Waals surface area contributed by atoms with Crippen molar-refractivity contribution in [2.45, 2.75) is 32.6 Å². The monoisotopic (exact) mass is 482 g/mol. The summed E-state index contributed by atoms with van der Waals surface area (Å²) in [5.74, 6) is 1.71. The summed E-state index contributed by atoms with van der Waals surface area (Å²) >= 11 is 1.38. The van der Waals surface area contributed by atoms with Crippen molar-refractivity contribution in [2.24, 2.45) is 0 Å². The molecule has 11 heteroatoms. The molecule has 2 amide bonds. The van der Waals surface area contributed by atoms with E-state index in [1.54, 1.807) is 12.4 Å². The molecule has 4 rings (SSSR count). The van der Waals surface area contributed by atoms with E-state index in [2.05, 4.69) is 30.7 Å². The number of hydrogen-bond donors (Lipinski definition) is 3. The normalized spacial score (nSPS) is 11.5. The predicted molar refractivity (Wildman–Crippen MR) is 129 cm³/mol. The highest BCUT2D eigenvalue weighted by Crippen LogP contribution is 2.31. The van der Waals surface area contributed by atoms with Crippen LogP contribution in [0.1, 0.15) is 32.5 Å². The Kier molecular flexibility index (Phi) is 7.03. The molecule has 10 nitrogen and oxygen atoms in total. The number of fused-ring (bicyclic) bond motifs is 1. The van der Waals surface area contributed by atoms with Gasteiger partial charge in [0.1, 0.15) is 12.4 Å². The molecule has 3 aromatic heterocycles. The van der Waals surface area contributed by atoms with Crippen molar-refractivity contribution in [2.75, 3.05) is 25.1 Å². The van der Waals surface area contributed by atoms with Gasteiger partial charge in [-0.05, 0) is 23.8 Å². The second-order valence-corrected chi connectivity index (χ2v) is 9.61. The Morgan fingerprint density at radius 2 is 2.03 bits per heavy atom. The summed E-state index contributed by atoms with van der Waals surface area (Å²) in [4.78, 5) is 25.3. The van der Waals surface area contributed by atoms with Gasteiger partial charge in [-0.3, -0.25) is 10.3 Å². The highest BCUT2D eigenvalue weighted by atomic mass is 32.1. The molecule has 0 aliphatic rings. The molecule has 0 unspecified atom stereocenters. The van der Waals surface area contributed by atoms with Gasteiger partial charge in [-0.25, -0.2) is 9.78 Å². The summed E-state index contributed by atoms with van der Waals surface area (Å²) in [5.41, 5.74) is 2.40. The quantitative estimate of drug-likeness (QED) is 0.345. The molecule has 3 heterocycles. The maximum absolute atomic E-state index is 12.3. The van der Waals surface area contributed by atoms with Crippen molar-refractivity contribution in [3.8, 4) is 16.9 Å². The van der Waals surface area contributed by atoms with Crippen molar-refractivity contribution in [3.05, 3.63) is 48.4 Å². The summed E-state index contributed by atoms with van der Waals surface area (Å²) in [6.07, 6.45) is 3.81. The zero-order valence-corrected chi connectivity index (χ0v) is 20.0. The Bertz CT molecular complexity index is 1280. The first kappa shape index (κ1) is 23.6. The number of nitrogens with one attached hydrogen (secondary N) is 2. The molecule has 0 radical (unpaired) electrons. The zero-order valence-electron chi connectivity index (χ0n) is 19.2. The number of urea groups is 1. The zero-order chi connectivity index (χ0) is 24.1. The number of thiazole rings is 1. The number of rotatable bonds is 8. The summed E-state index contributed by atoms with van der Waals surface area (Å²) in [6, 6.07) is 7.35. The molecule has 34 heavy (non-hydrogen) atoms. The molecule has 4 aromatic rings. The number of aliphatic hydroxyl groups excluding tert-OH is 1. The van der Waals surface area contributed by atoms with E-state index in [0.29, 0.717) is 35.6 Å². The summed E-state index contributed by atoms with van der Waals surface area (Å²) in [7, 11) is 0. The van der Waals surface area contributed by atoms with Crippen LogP contribution in [0.3, 0.4) is 0 Å². The number of carbonyl (C=O) groups excluding carboxylic acids is 1. The van der Waals surface area contributed by atoms with Crippen LogP contribution >= 0.6 is 11.3 Å². The van der Waals surface area contributed by atoms with Crippen LogP contribution in [-0.4, -0.2) is 51.0 Å². The molecule has 0 aliphatic carbocycles. The molecular weight excluding hydrogens is 456 g/mol. The molecule has 178 valence electrons. The molecule has 0 aliphatic heterocycles. The SMILES string of the molecule is CC(C)(C)c1nc(CCNC(=O)Nc2nc3ccc(-c4cncc(OCCO)c4)cc3s2)no1. The topological polar surface area (TPSA) is 135 Å². The van der Waals surface area contributed by atoms with Gasteiger partial charge >= 0.3 is 6.03 Å². The number of pyridine rings is 1. The van der Waals surface area contributed by atoms with Crippen LogP contribution in [0.25, 0.3) is 21.3 Å². The molecule has 0 spiro atoms. The minimum absolute atomic E-state index is 0.0599. The van der Waals surface area contributed by atoms with Gasteiger partial charge in [0.05, 0.1) is 23.0 Å². The van der Waals surface area contributed by atoms with E-state index in [-0.39, 0.29) is 24.7 Å². The van der Waals surface area contributed by atoms with Crippen molar-refractivity contribution in [1.29, 1.82) is 0 Å². The fraction of sp³-hybridized carbons (Fsp3) is 0.348. The smallest absolute Gasteiger partial charge is 0.321 e. The predicted octanol–water partition coefficient (Wildman–Crippen LogP) is 3.77. The van der Waals surface area contributed by atoms with Gasteiger partial charge in [0.15, 0.2) is 11.0 Å². The highest BCUT2D eigenvalue weighted by Gasteiger charge is 2.21. The van der Waals surface area contributed by atoms with Gasteiger partial charge in [-0.15, -0.1) is 0 Å². The summed E-state index contributed by atoms with van der Waals surface area (Å²) in [5, 5.41) is 18.9. The number of aromatic nitrogens is 4. The number of aliphatic hydroxyl groups is 1. The minimum atomic E-state index is -0.350. The number of anilines is 1. The third-order valence-corrected chi connectivity index (χ3v) is 5.69. The van der Waals surface area contributed by atoms with Crippen LogP contribution < -0.4 is 15.4 Å². The number of benzene rings is 1. The second kappa shape index (κ2) is 10.1. The highest BCUT2D eigenvalue weighted by molar-refractivity contribution is 7.22. The van der Waals surface area contributed by atoms with E-state index in [1.165, 1.54) is 11.3 Å². The summed E-state index contributed by atoms with van der Waals surface area (Å²) < 4.78 is 11.6. The number of amides is 2. The van der Waals surface area contributed by atoms with Crippen LogP contribution in [0.15, 0.2) is 41.2 Å². The number of hydrogen-bond acceptors (Lipinski definition) is 9. The van der Waals surface area contributed by atoms with Crippen molar-refractivity contribution in [3.63, 3.8) is 0 Å². The van der Waals surface area contributed by atoms with E-state index < -0.39 is 0 Å². The third kappa shape index (κ3) is 5.86. The largest absolute Gasteiger partial charge is 0.490 e. The molecular formula is C23H26N6O4S. The van der Waals surface area contributed by atoms with Gasteiger partial charge in [0, 0.05) is 30.1 Å². The van der Waals surface area contributed by atoms with E-state index in [9.17, 15) is 4.79 Å². The molecule has 3 N–H and O–H groups in total. The Hall–Kier alpha value is -3.57. The Labute approximate surface area is 200 Å². The third-order valence-electron chi connectivity index (χ3n) is 4.76. The molecule has 0 fully saturated rings. The van der Waals surface area contributed by atoms with Crippen LogP contribution in [0, 0.1) is 0 Å². The molecule has 0 bridgehead atoms. The van der Waals surface area contributed by atoms with Crippen molar-refractivity contribution in [1.82, 2.24) is 25.4 Å². The standard InChI is InChI=1S/C23H26N6O4S/c1-23(2,3)20-27-19(29-33-20)6-7-25-21(31)28-22-26-17-5-4-14(11-18(17)34-22)15-10-16(13-24-12-15)32-9-8-30/h4-5,10-13,30H,6-9H2,1-3H3,(H2,25,26,28,31). The van der Waals surface area contributed by atoms with Gasteiger partial charge in [-0.1, -0.05) is 43.3 Å². The van der Waals surface area contributed by atoms with Crippen molar-refractivity contribution >= 4 is 32.7 Å². The fourth-order valence-corrected chi connectivity index (χ4v) is 3.97. The lowest BCUT2D eigenvalue weighted by atomic mass is 9.97. The minimum Gasteiger partial charge on any atom is -0.490 e. The Balaban J connectivity index is 1.35. The Morgan fingerprint density at radius 3 is 2.79 bits per heavy atom. The van der Waals surface area contributed by atoms with Gasteiger partial charge in [-0.2, -0.15) is 4.98 Å². The van der Waals surface area contributed by atoms with Crippen LogP contribution in [0.5, 0.6) is 5.75 Å². The first-order valence-corrected chi connectivity index (χ1v) is 11.6. The maximum Gasteiger partial charge on any atom is 0.321 e. The average Bonchev–Trinajstić information content (AvgIpc) is 3.44. The Morgan fingerprint density at radius 1 is 1.18 bits per heavy atom. The summed E-state index contributed by atoms with van der Waals surface area (Å²) in [6.45, 7) is 6.51. The maximum atomic E-state index is 12.3. The van der Waals surface area contributed by atoms with E-state index in [4.69, 9.17) is 14.4 Å².